The molecule has 3 fully saturated rings. The summed E-state index contributed by atoms with van der Waals surface area (Å²) in [6.07, 6.45) is 14.8. The van der Waals surface area contributed by atoms with Gasteiger partial charge in [-0.25, -0.2) is 0 Å². The van der Waals surface area contributed by atoms with E-state index in [1.807, 2.05) is 0 Å². The van der Waals surface area contributed by atoms with Gasteiger partial charge in [-0.05, 0) is 55.3 Å². The summed E-state index contributed by atoms with van der Waals surface area (Å²) in [5, 5.41) is 0. The second-order valence-corrected chi connectivity index (χ2v) is 10.2. The van der Waals surface area contributed by atoms with Crippen LogP contribution in [0.5, 0.6) is 0 Å². The van der Waals surface area contributed by atoms with Crippen LogP contribution in [0.2, 0.25) is 0 Å². The zero-order valence-electron chi connectivity index (χ0n) is 18.6. The van der Waals surface area contributed by atoms with Gasteiger partial charge in [-0.3, -0.25) is 0 Å². The molecule has 2 saturated carbocycles. The molecule has 3 rings (SSSR count). The monoisotopic (exact) mass is 412 g/mol. The maximum absolute atomic E-state index is 12.3. The molecule has 0 radical (unpaired) electrons. The minimum Gasteiger partial charge on any atom is -0.348 e. The van der Waals surface area contributed by atoms with Gasteiger partial charge in [0.2, 0.25) is 0 Å². The summed E-state index contributed by atoms with van der Waals surface area (Å²) in [6.45, 7) is 5.89. The highest BCUT2D eigenvalue weighted by Gasteiger charge is 2.32. The van der Waals surface area contributed by atoms with E-state index in [1.54, 1.807) is 0 Å². The SMILES string of the molecule is CCCC(C)C1CCC(CCC2CCC(C3COC(C=C(F)F)OC3)CC2)CC1. The van der Waals surface area contributed by atoms with Crippen LogP contribution in [0.1, 0.15) is 90.9 Å². The van der Waals surface area contributed by atoms with Crippen molar-refractivity contribution in [2.45, 2.75) is 97.2 Å². The summed E-state index contributed by atoms with van der Waals surface area (Å²) in [7, 11) is 0. The molecule has 29 heavy (non-hydrogen) atoms. The van der Waals surface area contributed by atoms with Crippen LogP contribution in [0.25, 0.3) is 0 Å². The quantitative estimate of drug-likeness (QED) is 0.409. The van der Waals surface area contributed by atoms with Crippen LogP contribution in [0.4, 0.5) is 8.78 Å². The minimum absolute atomic E-state index is 0.378. The Labute approximate surface area is 176 Å². The molecule has 0 amide bonds. The van der Waals surface area contributed by atoms with E-state index in [1.165, 1.54) is 77.0 Å². The molecule has 0 aromatic carbocycles. The average Bonchev–Trinajstić information content (AvgIpc) is 2.73. The minimum atomic E-state index is -1.72. The average molecular weight is 413 g/mol. The lowest BCUT2D eigenvalue weighted by atomic mass is 9.71. The van der Waals surface area contributed by atoms with Gasteiger partial charge in [-0.15, -0.1) is 0 Å². The van der Waals surface area contributed by atoms with Crippen LogP contribution in [-0.2, 0) is 9.47 Å². The van der Waals surface area contributed by atoms with Gasteiger partial charge in [0.25, 0.3) is 6.08 Å². The molecule has 0 aromatic rings. The van der Waals surface area contributed by atoms with Crippen LogP contribution in [0, 0.1) is 35.5 Å². The highest BCUT2D eigenvalue weighted by atomic mass is 19.3. The van der Waals surface area contributed by atoms with Crippen LogP contribution in [0.3, 0.4) is 0 Å². The van der Waals surface area contributed by atoms with E-state index < -0.39 is 12.4 Å². The van der Waals surface area contributed by atoms with E-state index in [9.17, 15) is 8.78 Å². The predicted molar refractivity (Wildman–Crippen MR) is 114 cm³/mol. The third kappa shape index (κ3) is 7.31. The highest BCUT2D eigenvalue weighted by molar-refractivity contribution is 4.87. The van der Waals surface area contributed by atoms with Crippen LogP contribution < -0.4 is 0 Å². The first-order valence-corrected chi connectivity index (χ1v) is 12.3. The van der Waals surface area contributed by atoms with Crippen molar-refractivity contribution in [3.8, 4) is 0 Å². The lowest BCUT2D eigenvalue weighted by molar-refractivity contribution is -0.186. The van der Waals surface area contributed by atoms with Gasteiger partial charge in [0.15, 0.2) is 6.29 Å². The van der Waals surface area contributed by atoms with Crippen LogP contribution in [-0.4, -0.2) is 19.5 Å². The van der Waals surface area contributed by atoms with E-state index >= 15 is 0 Å². The Balaban J connectivity index is 1.29. The standard InChI is InChI=1S/C25H42F2O2/c1-3-4-18(2)21-11-7-19(8-12-21)5-6-20-9-13-22(14-10-20)23-16-28-25(29-17-23)15-24(26)27/h15,18-23,25H,3-14,16-17H2,1-2H3. The maximum atomic E-state index is 12.3. The summed E-state index contributed by atoms with van der Waals surface area (Å²) >= 11 is 0. The first-order chi connectivity index (χ1) is 14.0. The normalized spacial score (nSPS) is 37.1. The van der Waals surface area contributed by atoms with Crippen molar-refractivity contribution in [2.75, 3.05) is 13.2 Å². The van der Waals surface area contributed by atoms with Gasteiger partial charge >= 0.3 is 0 Å². The van der Waals surface area contributed by atoms with E-state index in [4.69, 9.17) is 9.47 Å². The molecule has 1 saturated heterocycles. The van der Waals surface area contributed by atoms with Crippen molar-refractivity contribution in [3.63, 3.8) is 0 Å². The fourth-order valence-electron chi connectivity index (χ4n) is 6.16. The van der Waals surface area contributed by atoms with Crippen molar-refractivity contribution in [2.24, 2.45) is 35.5 Å². The van der Waals surface area contributed by atoms with E-state index in [2.05, 4.69) is 13.8 Å². The van der Waals surface area contributed by atoms with Gasteiger partial charge in [-0.1, -0.05) is 65.2 Å². The predicted octanol–water partition coefficient (Wildman–Crippen LogP) is 7.59. The Morgan fingerprint density at radius 3 is 1.93 bits per heavy atom. The second-order valence-electron chi connectivity index (χ2n) is 10.2. The Morgan fingerprint density at radius 2 is 1.41 bits per heavy atom. The first-order valence-electron chi connectivity index (χ1n) is 12.3. The number of hydrogen-bond donors (Lipinski definition) is 0. The molecule has 0 N–H and O–H groups in total. The van der Waals surface area contributed by atoms with Gasteiger partial charge < -0.3 is 9.47 Å². The molecular formula is C25H42F2O2. The second kappa shape index (κ2) is 11.8. The smallest absolute Gasteiger partial charge is 0.271 e. The molecule has 1 heterocycles. The third-order valence-electron chi connectivity index (χ3n) is 8.19. The maximum Gasteiger partial charge on any atom is 0.271 e. The molecule has 168 valence electrons. The highest BCUT2D eigenvalue weighted by Crippen LogP contribution is 2.40. The van der Waals surface area contributed by atoms with Gasteiger partial charge in [0.05, 0.1) is 13.2 Å². The summed E-state index contributed by atoms with van der Waals surface area (Å²) in [5.41, 5.74) is 0. The number of hydrogen-bond acceptors (Lipinski definition) is 2. The summed E-state index contributed by atoms with van der Waals surface area (Å²) in [6, 6.07) is 0. The molecule has 2 aliphatic carbocycles. The number of ether oxygens (including phenoxy) is 2. The Kier molecular flexibility index (Phi) is 9.43. The largest absolute Gasteiger partial charge is 0.348 e. The van der Waals surface area contributed by atoms with E-state index in [0.29, 0.717) is 25.0 Å². The molecular weight excluding hydrogens is 370 g/mol. The lowest BCUT2D eigenvalue weighted by Gasteiger charge is -2.37. The summed E-state index contributed by atoms with van der Waals surface area (Å²) in [5.74, 6) is 4.79. The zero-order valence-corrected chi connectivity index (χ0v) is 18.6. The molecule has 3 aliphatic rings. The molecule has 0 spiro atoms. The molecule has 1 atom stereocenters. The number of rotatable bonds is 8. The number of halogens is 2. The lowest BCUT2D eigenvalue weighted by Crippen LogP contribution is -2.36. The van der Waals surface area contributed by atoms with Crippen molar-refractivity contribution >= 4 is 0 Å². The van der Waals surface area contributed by atoms with Gasteiger partial charge in [0, 0.05) is 12.0 Å². The molecule has 0 aromatic heterocycles. The molecule has 1 aliphatic heterocycles. The summed E-state index contributed by atoms with van der Waals surface area (Å²) < 4.78 is 35.6. The Hall–Kier alpha value is -0.480. The van der Waals surface area contributed by atoms with Gasteiger partial charge in [-0.2, -0.15) is 8.78 Å². The summed E-state index contributed by atoms with van der Waals surface area (Å²) in [4.78, 5) is 0. The van der Waals surface area contributed by atoms with E-state index in [0.717, 1.165) is 29.7 Å². The third-order valence-corrected chi connectivity index (χ3v) is 8.19. The fraction of sp³-hybridized carbons (Fsp3) is 0.920. The molecule has 2 nitrogen and oxygen atoms in total. The molecule has 1 unspecified atom stereocenters. The topological polar surface area (TPSA) is 18.5 Å². The zero-order chi connectivity index (χ0) is 20.6. The van der Waals surface area contributed by atoms with Crippen molar-refractivity contribution in [3.05, 3.63) is 12.2 Å². The van der Waals surface area contributed by atoms with Gasteiger partial charge in [0.1, 0.15) is 0 Å². The molecule has 4 heteroatoms. The van der Waals surface area contributed by atoms with Crippen molar-refractivity contribution in [1.29, 1.82) is 0 Å². The van der Waals surface area contributed by atoms with E-state index in [-0.39, 0.29) is 0 Å². The Morgan fingerprint density at radius 1 is 0.862 bits per heavy atom. The van der Waals surface area contributed by atoms with Crippen molar-refractivity contribution < 1.29 is 18.3 Å². The first kappa shape index (κ1) is 23.2. The molecule has 0 bridgehead atoms. The Bertz CT molecular complexity index is 481. The van der Waals surface area contributed by atoms with Crippen LogP contribution in [0.15, 0.2) is 12.2 Å². The van der Waals surface area contributed by atoms with Crippen LogP contribution >= 0.6 is 0 Å². The fourth-order valence-corrected chi connectivity index (χ4v) is 6.16. The van der Waals surface area contributed by atoms with Crippen molar-refractivity contribution in [1.82, 2.24) is 0 Å².